The van der Waals surface area contributed by atoms with Crippen molar-refractivity contribution in [2.75, 3.05) is 6.54 Å². The summed E-state index contributed by atoms with van der Waals surface area (Å²) in [5, 5.41) is 4.21. The Morgan fingerprint density at radius 2 is 1.89 bits per heavy atom. The van der Waals surface area contributed by atoms with Crippen molar-refractivity contribution in [2.24, 2.45) is 0 Å². The second-order valence-corrected chi connectivity index (χ2v) is 6.91. The van der Waals surface area contributed by atoms with Crippen molar-refractivity contribution in [2.45, 2.75) is 45.7 Å². The molecule has 0 spiro atoms. The van der Waals surface area contributed by atoms with E-state index in [1.807, 2.05) is 0 Å². The Morgan fingerprint density at radius 3 is 2.59 bits per heavy atom. The van der Waals surface area contributed by atoms with E-state index in [1.165, 1.54) is 10.8 Å². The molecule has 1 fully saturated rings. The maximum atomic E-state index is 14.6. The van der Waals surface area contributed by atoms with Crippen LogP contribution in [0.25, 0.3) is 16.9 Å². The van der Waals surface area contributed by atoms with Gasteiger partial charge in [-0.15, -0.1) is 0 Å². The number of hydrogen-bond donors (Lipinski definition) is 0. The summed E-state index contributed by atoms with van der Waals surface area (Å²) in [5.41, 5.74) is 1.08. The summed E-state index contributed by atoms with van der Waals surface area (Å²) in [6.45, 7) is 5.18. The Kier molecular flexibility index (Phi) is 4.59. The highest BCUT2D eigenvalue weighted by atomic mass is 19.1. The van der Waals surface area contributed by atoms with E-state index in [4.69, 9.17) is 0 Å². The molecule has 5 nitrogen and oxygen atoms in total. The van der Waals surface area contributed by atoms with Gasteiger partial charge in [-0.3, -0.25) is 4.90 Å². The van der Waals surface area contributed by atoms with Crippen molar-refractivity contribution in [3.05, 3.63) is 47.3 Å². The molecule has 0 aliphatic carbocycles. The van der Waals surface area contributed by atoms with Crippen LogP contribution in [0.4, 0.5) is 13.2 Å². The van der Waals surface area contributed by atoms with E-state index < -0.39 is 17.5 Å². The SMILES string of the molecule is CCC1CCCN1Cc1c(-c2c(F)cc(F)cc2F)c(C)nc2ncnn12. The van der Waals surface area contributed by atoms with Crippen molar-refractivity contribution in [1.82, 2.24) is 24.5 Å². The summed E-state index contributed by atoms with van der Waals surface area (Å²) in [4.78, 5) is 10.7. The summed E-state index contributed by atoms with van der Waals surface area (Å²) < 4.78 is 44.1. The number of benzene rings is 1. The lowest BCUT2D eigenvalue weighted by molar-refractivity contribution is 0.235. The minimum Gasteiger partial charge on any atom is -0.295 e. The normalized spacial score (nSPS) is 17.9. The molecule has 1 aliphatic heterocycles. The summed E-state index contributed by atoms with van der Waals surface area (Å²) >= 11 is 0. The molecule has 1 saturated heterocycles. The first kappa shape index (κ1) is 17.9. The molecule has 1 atom stereocenters. The minimum absolute atomic E-state index is 0.277. The molecule has 3 aromatic rings. The number of aromatic nitrogens is 4. The Labute approximate surface area is 154 Å². The van der Waals surface area contributed by atoms with E-state index in [-0.39, 0.29) is 5.56 Å². The second-order valence-electron chi connectivity index (χ2n) is 6.91. The topological polar surface area (TPSA) is 46.3 Å². The van der Waals surface area contributed by atoms with Crippen LogP contribution in [0.3, 0.4) is 0 Å². The highest BCUT2D eigenvalue weighted by molar-refractivity contribution is 5.71. The number of hydrogen-bond acceptors (Lipinski definition) is 4. The van der Waals surface area contributed by atoms with Crippen LogP contribution in [0.2, 0.25) is 0 Å². The molecule has 4 rings (SSSR count). The zero-order valence-corrected chi connectivity index (χ0v) is 15.2. The quantitative estimate of drug-likeness (QED) is 0.694. The van der Waals surface area contributed by atoms with Crippen LogP contribution >= 0.6 is 0 Å². The largest absolute Gasteiger partial charge is 0.295 e. The van der Waals surface area contributed by atoms with E-state index in [9.17, 15) is 13.2 Å². The van der Waals surface area contributed by atoms with E-state index in [1.54, 1.807) is 6.92 Å². The molecule has 142 valence electrons. The molecule has 0 N–H and O–H groups in total. The van der Waals surface area contributed by atoms with Gasteiger partial charge in [0.25, 0.3) is 5.78 Å². The van der Waals surface area contributed by atoms with Gasteiger partial charge in [-0.2, -0.15) is 14.6 Å². The first-order valence-electron chi connectivity index (χ1n) is 9.07. The molecule has 1 aliphatic rings. The second kappa shape index (κ2) is 6.92. The van der Waals surface area contributed by atoms with Gasteiger partial charge in [-0.05, 0) is 32.7 Å². The number of likely N-dealkylation sites (tertiary alicyclic amines) is 1. The summed E-state index contributed by atoms with van der Waals surface area (Å²) in [6.07, 6.45) is 4.54. The predicted octanol–water partition coefficient (Wildman–Crippen LogP) is 3.89. The van der Waals surface area contributed by atoms with Crippen LogP contribution < -0.4 is 0 Å². The van der Waals surface area contributed by atoms with Crippen molar-refractivity contribution < 1.29 is 13.2 Å². The van der Waals surface area contributed by atoms with Crippen molar-refractivity contribution in [3.63, 3.8) is 0 Å². The molecule has 0 amide bonds. The maximum Gasteiger partial charge on any atom is 0.252 e. The lowest BCUT2D eigenvalue weighted by Gasteiger charge is -2.25. The molecule has 3 heterocycles. The van der Waals surface area contributed by atoms with Gasteiger partial charge in [0, 0.05) is 30.3 Å². The zero-order chi connectivity index (χ0) is 19.1. The predicted molar refractivity (Wildman–Crippen MR) is 94.6 cm³/mol. The summed E-state index contributed by atoms with van der Waals surface area (Å²) in [6, 6.07) is 1.79. The van der Waals surface area contributed by atoms with Gasteiger partial charge in [0.15, 0.2) is 0 Å². The van der Waals surface area contributed by atoms with Crippen LogP contribution in [0.5, 0.6) is 0 Å². The van der Waals surface area contributed by atoms with Gasteiger partial charge in [-0.1, -0.05) is 6.92 Å². The Morgan fingerprint density at radius 1 is 1.15 bits per heavy atom. The Bertz CT molecular complexity index is 977. The van der Waals surface area contributed by atoms with Crippen LogP contribution in [0, 0.1) is 24.4 Å². The average Bonchev–Trinajstić information content (AvgIpc) is 3.24. The molecular formula is C19H20F3N5. The first-order chi connectivity index (χ1) is 13.0. The molecule has 0 saturated carbocycles. The third kappa shape index (κ3) is 3.07. The number of aryl methyl sites for hydroxylation is 1. The molecule has 0 radical (unpaired) electrons. The lowest BCUT2D eigenvalue weighted by atomic mass is 10.00. The van der Waals surface area contributed by atoms with Gasteiger partial charge in [0.2, 0.25) is 0 Å². The number of nitrogens with zero attached hydrogens (tertiary/aromatic N) is 5. The molecular weight excluding hydrogens is 355 g/mol. The van der Waals surface area contributed by atoms with E-state index in [0.717, 1.165) is 25.8 Å². The van der Waals surface area contributed by atoms with E-state index in [2.05, 4.69) is 26.9 Å². The van der Waals surface area contributed by atoms with Gasteiger partial charge in [0.1, 0.15) is 23.8 Å². The van der Waals surface area contributed by atoms with Crippen LogP contribution in [0.1, 0.15) is 37.6 Å². The summed E-state index contributed by atoms with van der Waals surface area (Å²) in [7, 11) is 0. The number of fused-ring (bicyclic) bond motifs is 1. The molecule has 2 aromatic heterocycles. The highest BCUT2D eigenvalue weighted by Crippen LogP contribution is 2.34. The molecule has 1 unspecified atom stereocenters. The van der Waals surface area contributed by atoms with Crippen molar-refractivity contribution in [1.29, 1.82) is 0 Å². The van der Waals surface area contributed by atoms with Gasteiger partial charge < -0.3 is 0 Å². The molecule has 27 heavy (non-hydrogen) atoms. The van der Waals surface area contributed by atoms with Crippen molar-refractivity contribution in [3.8, 4) is 11.1 Å². The smallest absolute Gasteiger partial charge is 0.252 e. The third-order valence-corrected chi connectivity index (χ3v) is 5.28. The average molecular weight is 375 g/mol. The fraction of sp³-hybridized carbons (Fsp3) is 0.421. The van der Waals surface area contributed by atoms with Gasteiger partial charge >= 0.3 is 0 Å². The molecule has 8 heteroatoms. The zero-order valence-electron chi connectivity index (χ0n) is 15.2. The van der Waals surface area contributed by atoms with Gasteiger partial charge in [0.05, 0.1) is 17.0 Å². The number of halogens is 3. The van der Waals surface area contributed by atoms with E-state index in [0.29, 0.717) is 47.4 Å². The fourth-order valence-electron chi connectivity index (χ4n) is 4.03. The monoisotopic (exact) mass is 375 g/mol. The van der Waals surface area contributed by atoms with Crippen molar-refractivity contribution >= 4 is 5.78 Å². The standard InChI is InChI=1S/C19H20F3N5/c1-3-13-5-4-6-26(13)9-16-17(11(2)25-19-23-10-24-27(16)19)18-14(21)7-12(20)8-15(18)22/h7-8,10,13H,3-6,9H2,1-2H3. The number of rotatable bonds is 4. The minimum atomic E-state index is -0.952. The Hall–Kier alpha value is -2.48. The molecule has 1 aromatic carbocycles. The van der Waals surface area contributed by atoms with Gasteiger partial charge in [-0.25, -0.2) is 18.2 Å². The van der Waals surface area contributed by atoms with E-state index >= 15 is 0 Å². The molecule has 0 bridgehead atoms. The highest BCUT2D eigenvalue weighted by Gasteiger charge is 2.28. The Balaban J connectivity index is 1.94. The third-order valence-electron chi connectivity index (χ3n) is 5.28. The van der Waals surface area contributed by atoms with Crippen LogP contribution in [-0.4, -0.2) is 37.1 Å². The summed E-state index contributed by atoms with van der Waals surface area (Å²) in [5.74, 6) is -2.48. The lowest BCUT2D eigenvalue weighted by Crippen LogP contribution is -2.30. The van der Waals surface area contributed by atoms with Crippen LogP contribution in [0.15, 0.2) is 18.5 Å². The van der Waals surface area contributed by atoms with Crippen LogP contribution in [-0.2, 0) is 6.54 Å². The fourth-order valence-corrected chi connectivity index (χ4v) is 4.03. The first-order valence-corrected chi connectivity index (χ1v) is 9.07. The maximum absolute atomic E-state index is 14.6.